The zero-order valence-corrected chi connectivity index (χ0v) is 6.32. The molecule has 74 valence electrons. The smallest absolute Gasteiger partial charge is 0.200 e. The van der Waals surface area contributed by atoms with Crippen LogP contribution in [0.25, 0.3) is 0 Å². The number of aromatic nitrogens is 1. The molecule has 2 nitrogen and oxygen atoms in total. The third-order valence-corrected chi connectivity index (χ3v) is 1.25. The van der Waals surface area contributed by atoms with E-state index in [0.717, 1.165) is 0 Å². The van der Waals surface area contributed by atoms with Crippen LogP contribution in [0.15, 0.2) is 0 Å². The predicted octanol–water partition coefficient (Wildman–Crippen LogP) is 0.689. The van der Waals surface area contributed by atoms with Crippen molar-refractivity contribution in [3.63, 3.8) is 0 Å². The Morgan fingerprint density at radius 1 is 0.929 bits per heavy atom. The van der Waals surface area contributed by atoms with Gasteiger partial charge in [0.1, 0.15) is 4.73 Å². The Kier molecular flexibility index (Phi) is 2.56. The summed E-state index contributed by atoms with van der Waals surface area (Å²) in [7, 11) is 0. The maximum Gasteiger partial charge on any atom is 0.453 e. The minimum absolute atomic E-state index is 0.617. The van der Waals surface area contributed by atoms with Gasteiger partial charge in [0.05, 0.1) is 0 Å². The highest BCUT2D eigenvalue weighted by atomic mass is 19.2. The fourth-order valence-corrected chi connectivity index (χ4v) is 0.675. The van der Waals surface area contributed by atoms with Crippen molar-refractivity contribution in [3.8, 4) is 12.5 Å². The van der Waals surface area contributed by atoms with Crippen molar-refractivity contribution in [2.75, 3.05) is 0 Å². The van der Waals surface area contributed by atoms with Crippen LogP contribution in [-0.2, 0) is 0 Å². The van der Waals surface area contributed by atoms with E-state index in [0.29, 0.717) is 0 Å². The standard InChI is InChI=1S/C7HF5NO/c1-2-14-13-6(11)4(9)3(8)5(10)7(13)12/h1H/q+1. The quantitative estimate of drug-likeness (QED) is 0.287. The van der Waals surface area contributed by atoms with Gasteiger partial charge in [0.15, 0.2) is 6.11 Å². The van der Waals surface area contributed by atoms with E-state index in [4.69, 9.17) is 0 Å². The molecule has 0 spiro atoms. The number of pyridine rings is 1. The van der Waals surface area contributed by atoms with Crippen LogP contribution >= 0.6 is 0 Å². The Bertz CT molecular complexity index is 396. The van der Waals surface area contributed by atoms with Crippen LogP contribution in [0.4, 0.5) is 22.0 Å². The molecule has 0 aliphatic carbocycles. The van der Waals surface area contributed by atoms with Gasteiger partial charge in [0, 0.05) is 0 Å². The fraction of sp³-hybridized carbons (Fsp3) is 0. The molecule has 0 radical (unpaired) electrons. The van der Waals surface area contributed by atoms with E-state index in [2.05, 4.69) is 11.3 Å². The topological polar surface area (TPSA) is 13.1 Å². The number of rotatable bonds is 1. The third-order valence-electron chi connectivity index (χ3n) is 1.25. The summed E-state index contributed by atoms with van der Waals surface area (Å²) < 4.78 is 61.8. The van der Waals surface area contributed by atoms with Gasteiger partial charge in [-0.05, 0) is 0 Å². The molecule has 0 atom stereocenters. The first-order valence-corrected chi connectivity index (χ1v) is 3.07. The lowest BCUT2D eigenvalue weighted by Gasteiger charge is -1.95. The first kappa shape index (κ1) is 10.2. The summed E-state index contributed by atoms with van der Waals surface area (Å²) in [5.74, 6) is -10.9. The first-order chi connectivity index (χ1) is 6.50. The van der Waals surface area contributed by atoms with E-state index in [-0.39, 0.29) is 0 Å². The Balaban J connectivity index is 3.53. The van der Waals surface area contributed by atoms with Crippen molar-refractivity contribution in [2.45, 2.75) is 0 Å². The molecule has 0 N–H and O–H groups in total. The van der Waals surface area contributed by atoms with Crippen molar-refractivity contribution >= 4 is 0 Å². The molecule has 1 aromatic rings. The highest BCUT2D eigenvalue weighted by Crippen LogP contribution is 2.12. The minimum Gasteiger partial charge on any atom is -0.200 e. The molecule has 1 heterocycles. The van der Waals surface area contributed by atoms with Crippen LogP contribution in [0.1, 0.15) is 0 Å². The summed E-state index contributed by atoms with van der Waals surface area (Å²) in [6, 6.07) is 0. The summed E-state index contributed by atoms with van der Waals surface area (Å²) >= 11 is 0. The molecule has 0 aliphatic rings. The SMILES string of the molecule is C#CO[n+]1c(F)c(F)c(F)c(F)c1F. The van der Waals surface area contributed by atoms with Gasteiger partial charge < -0.3 is 0 Å². The van der Waals surface area contributed by atoms with E-state index >= 15 is 0 Å². The largest absolute Gasteiger partial charge is 0.453 e. The van der Waals surface area contributed by atoms with E-state index in [1.165, 1.54) is 6.11 Å². The van der Waals surface area contributed by atoms with Crippen LogP contribution in [0, 0.1) is 41.9 Å². The molecule has 0 fully saturated rings. The second kappa shape index (κ2) is 3.49. The van der Waals surface area contributed by atoms with Crippen LogP contribution in [0.2, 0.25) is 0 Å². The van der Waals surface area contributed by atoms with E-state index in [9.17, 15) is 22.0 Å². The molecular weight excluding hydrogens is 209 g/mol. The molecule has 0 aromatic carbocycles. The number of hydrogen-bond donors (Lipinski definition) is 0. The molecule has 0 unspecified atom stereocenters. The van der Waals surface area contributed by atoms with Crippen LogP contribution in [0.5, 0.6) is 0 Å². The van der Waals surface area contributed by atoms with Gasteiger partial charge in [-0.1, -0.05) is 6.42 Å². The maximum atomic E-state index is 12.6. The van der Waals surface area contributed by atoms with Crippen LogP contribution < -0.4 is 9.57 Å². The van der Waals surface area contributed by atoms with Crippen molar-refractivity contribution in [2.24, 2.45) is 0 Å². The van der Waals surface area contributed by atoms with Crippen molar-refractivity contribution < 1.29 is 31.5 Å². The lowest BCUT2D eigenvalue weighted by atomic mass is 10.4. The van der Waals surface area contributed by atoms with Crippen molar-refractivity contribution in [1.29, 1.82) is 0 Å². The molecule has 0 aliphatic heterocycles. The molecule has 1 aromatic heterocycles. The van der Waals surface area contributed by atoms with E-state index in [1.54, 1.807) is 0 Å². The highest BCUT2D eigenvalue weighted by Gasteiger charge is 2.35. The van der Waals surface area contributed by atoms with Gasteiger partial charge in [0.2, 0.25) is 5.82 Å². The zero-order chi connectivity index (χ0) is 10.9. The van der Waals surface area contributed by atoms with Gasteiger partial charge in [-0.3, -0.25) is 0 Å². The number of hydrogen-bond acceptors (Lipinski definition) is 1. The highest BCUT2D eigenvalue weighted by molar-refractivity contribution is 4.99. The summed E-state index contributed by atoms with van der Waals surface area (Å²) in [6.45, 7) is 0. The van der Waals surface area contributed by atoms with Crippen LogP contribution in [0.3, 0.4) is 0 Å². The Labute approximate surface area is 74.5 Å². The minimum atomic E-state index is -2.28. The number of nitrogens with zero attached hydrogens (tertiary/aromatic N) is 1. The Morgan fingerprint density at radius 2 is 1.36 bits per heavy atom. The maximum absolute atomic E-state index is 12.6. The second-order valence-electron chi connectivity index (χ2n) is 2.03. The van der Waals surface area contributed by atoms with Gasteiger partial charge in [0.25, 0.3) is 11.6 Å². The fourth-order valence-electron chi connectivity index (χ4n) is 0.675. The average molecular weight is 210 g/mol. The first-order valence-electron chi connectivity index (χ1n) is 3.07. The summed E-state index contributed by atoms with van der Waals surface area (Å²) in [6.07, 6.45) is 5.74. The summed E-state index contributed by atoms with van der Waals surface area (Å²) in [5.41, 5.74) is 0. The second-order valence-corrected chi connectivity index (χ2v) is 2.03. The molecular formula is C7HF5NO+. The molecule has 7 heteroatoms. The van der Waals surface area contributed by atoms with Crippen LogP contribution in [-0.4, -0.2) is 0 Å². The molecule has 0 saturated heterocycles. The van der Waals surface area contributed by atoms with E-state index < -0.39 is 34.1 Å². The van der Waals surface area contributed by atoms with Gasteiger partial charge in [-0.15, -0.1) is 8.78 Å². The van der Waals surface area contributed by atoms with Crippen molar-refractivity contribution in [1.82, 2.24) is 0 Å². The average Bonchev–Trinajstić information content (AvgIpc) is 2.19. The summed E-state index contributed by atoms with van der Waals surface area (Å²) in [5, 5.41) is 0. The molecule has 0 amide bonds. The molecule has 0 bridgehead atoms. The predicted molar refractivity (Wildman–Crippen MR) is 31.8 cm³/mol. The van der Waals surface area contributed by atoms with Gasteiger partial charge >= 0.3 is 11.9 Å². The molecule has 0 saturated carbocycles. The van der Waals surface area contributed by atoms with Gasteiger partial charge in [-0.25, -0.2) is 0 Å². The zero-order valence-electron chi connectivity index (χ0n) is 6.32. The van der Waals surface area contributed by atoms with Gasteiger partial charge in [-0.2, -0.15) is 18.0 Å². The molecule has 14 heavy (non-hydrogen) atoms. The number of halogens is 5. The monoisotopic (exact) mass is 210 g/mol. The number of terminal acetylenes is 1. The third kappa shape index (κ3) is 1.35. The van der Waals surface area contributed by atoms with Crippen molar-refractivity contribution in [3.05, 3.63) is 29.3 Å². The summed E-state index contributed by atoms with van der Waals surface area (Å²) in [4.78, 5) is 3.73. The Hall–Kier alpha value is -1.84. The lowest BCUT2D eigenvalue weighted by molar-refractivity contribution is -0.913. The lowest BCUT2D eigenvalue weighted by Crippen LogP contribution is -2.50. The normalized spacial score (nSPS) is 9.71. The Morgan fingerprint density at radius 3 is 1.71 bits per heavy atom. The molecule has 1 rings (SSSR count). The van der Waals surface area contributed by atoms with E-state index in [1.807, 2.05) is 0 Å².